The van der Waals surface area contributed by atoms with Gasteiger partial charge in [0.15, 0.2) is 0 Å². The Labute approximate surface area is 183 Å². The highest BCUT2D eigenvalue weighted by molar-refractivity contribution is 5.80. The van der Waals surface area contributed by atoms with Crippen molar-refractivity contribution in [3.63, 3.8) is 0 Å². The Balaban J connectivity index is 1.36. The third kappa shape index (κ3) is 4.78. The van der Waals surface area contributed by atoms with E-state index >= 15 is 0 Å². The molecule has 0 aliphatic carbocycles. The molecule has 2 aromatic rings. The minimum atomic E-state index is -0.174. The Bertz CT molecular complexity index is 987. The minimum absolute atomic E-state index is 0.0274. The number of carbonyl (C=O) groups excluding carboxylic acids is 2. The highest BCUT2D eigenvalue weighted by Gasteiger charge is 2.32. The summed E-state index contributed by atoms with van der Waals surface area (Å²) in [5, 5.41) is 8.93. The van der Waals surface area contributed by atoms with Crippen molar-refractivity contribution in [2.75, 3.05) is 32.7 Å². The highest BCUT2D eigenvalue weighted by Crippen LogP contribution is 2.33. The molecule has 2 amide bonds. The molecule has 4 rings (SSSR count). The molecule has 2 heterocycles. The van der Waals surface area contributed by atoms with Crippen molar-refractivity contribution >= 4 is 11.8 Å². The summed E-state index contributed by atoms with van der Waals surface area (Å²) in [7, 11) is 0. The first-order chi connectivity index (χ1) is 15.0. The molecule has 2 aromatic carbocycles. The summed E-state index contributed by atoms with van der Waals surface area (Å²) < 4.78 is 0. The number of hydrogen-bond donors (Lipinski definition) is 0. The second kappa shape index (κ2) is 9.32. The van der Waals surface area contributed by atoms with E-state index in [2.05, 4.69) is 23.1 Å². The molecule has 1 fully saturated rings. The fourth-order valence-corrected chi connectivity index (χ4v) is 4.64. The van der Waals surface area contributed by atoms with Crippen LogP contribution >= 0.6 is 0 Å². The SMILES string of the molecule is CC(=O)N1CCc2ccccc2C1CC(=O)N1CCN(Cc2ccc(C#N)cc2)CC1. The summed E-state index contributed by atoms with van der Waals surface area (Å²) in [5.74, 6) is 0.144. The van der Waals surface area contributed by atoms with Gasteiger partial charge in [0, 0.05) is 46.2 Å². The van der Waals surface area contributed by atoms with E-state index in [9.17, 15) is 9.59 Å². The normalized spacial score (nSPS) is 18.9. The topological polar surface area (TPSA) is 67.7 Å². The summed E-state index contributed by atoms with van der Waals surface area (Å²) in [6, 6.07) is 17.8. The number of amides is 2. The van der Waals surface area contributed by atoms with Crippen molar-refractivity contribution in [3.05, 3.63) is 70.8 Å². The zero-order chi connectivity index (χ0) is 21.8. The van der Waals surface area contributed by atoms with E-state index in [-0.39, 0.29) is 17.9 Å². The van der Waals surface area contributed by atoms with Crippen molar-refractivity contribution in [1.29, 1.82) is 5.26 Å². The van der Waals surface area contributed by atoms with E-state index in [0.29, 0.717) is 31.6 Å². The number of carbonyl (C=O) groups is 2. The molecule has 6 heteroatoms. The van der Waals surface area contributed by atoms with Crippen LogP contribution in [0.5, 0.6) is 0 Å². The largest absolute Gasteiger partial charge is 0.340 e. The standard InChI is InChI=1S/C25H28N4O2/c1-19(30)29-11-10-22-4-2-3-5-23(22)24(29)16-25(31)28-14-12-27(13-15-28)18-21-8-6-20(17-26)7-9-21/h2-9,24H,10-16,18H2,1H3. The van der Waals surface area contributed by atoms with Crippen LogP contribution in [0.25, 0.3) is 0 Å². The van der Waals surface area contributed by atoms with Gasteiger partial charge in [0.1, 0.15) is 0 Å². The molecular formula is C25H28N4O2. The van der Waals surface area contributed by atoms with Gasteiger partial charge in [-0.3, -0.25) is 14.5 Å². The van der Waals surface area contributed by atoms with E-state index in [0.717, 1.165) is 31.6 Å². The number of hydrogen-bond acceptors (Lipinski definition) is 4. The first kappa shape index (κ1) is 21.1. The van der Waals surface area contributed by atoms with Gasteiger partial charge in [0.2, 0.25) is 11.8 Å². The van der Waals surface area contributed by atoms with Crippen LogP contribution in [0.3, 0.4) is 0 Å². The van der Waals surface area contributed by atoms with Gasteiger partial charge in [0.25, 0.3) is 0 Å². The maximum atomic E-state index is 13.1. The molecule has 1 atom stereocenters. The average molecular weight is 417 g/mol. The Kier molecular flexibility index (Phi) is 6.34. The van der Waals surface area contributed by atoms with Crippen LogP contribution in [0.15, 0.2) is 48.5 Å². The highest BCUT2D eigenvalue weighted by atomic mass is 16.2. The second-order valence-corrected chi connectivity index (χ2v) is 8.35. The lowest BCUT2D eigenvalue weighted by atomic mass is 9.90. The number of fused-ring (bicyclic) bond motifs is 1. The van der Waals surface area contributed by atoms with E-state index in [1.165, 1.54) is 11.1 Å². The van der Waals surface area contributed by atoms with Gasteiger partial charge < -0.3 is 9.80 Å². The summed E-state index contributed by atoms with van der Waals surface area (Å²) in [5.41, 5.74) is 4.19. The molecule has 0 radical (unpaired) electrons. The number of nitrogens with zero attached hydrogens (tertiary/aromatic N) is 4. The minimum Gasteiger partial charge on any atom is -0.340 e. The molecule has 1 unspecified atom stereocenters. The van der Waals surface area contributed by atoms with Crippen LogP contribution in [0.2, 0.25) is 0 Å². The average Bonchev–Trinajstić information content (AvgIpc) is 2.80. The lowest BCUT2D eigenvalue weighted by Crippen LogP contribution is -2.49. The van der Waals surface area contributed by atoms with Gasteiger partial charge >= 0.3 is 0 Å². The van der Waals surface area contributed by atoms with Crippen LogP contribution in [0, 0.1) is 11.3 Å². The van der Waals surface area contributed by atoms with Gasteiger partial charge in [0.05, 0.1) is 24.1 Å². The molecule has 0 N–H and O–H groups in total. The van der Waals surface area contributed by atoms with Crippen LogP contribution in [-0.4, -0.2) is 59.2 Å². The molecule has 0 spiro atoms. The fourth-order valence-electron chi connectivity index (χ4n) is 4.64. The molecule has 2 aliphatic heterocycles. The molecule has 160 valence electrons. The van der Waals surface area contributed by atoms with Crippen LogP contribution < -0.4 is 0 Å². The molecule has 6 nitrogen and oxygen atoms in total. The van der Waals surface area contributed by atoms with Crippen LogP contribution in [-0.2, 0) is 22.6 Å². The van der Waals surface area contributed by atoms with E-state index < -0.39 is 0 Å². The number of piperazine rings is 1. The van der Waals surface area contributed by atoms with Gasteiger partial charge in [-0.05, 0) is 35.2 Å². The van der Waals surface area contributed by atoms with Crippen molar-refractivity contribution in [2.24, 2.45) is 0 Å². The third-order valence-electron chi connectivity index (χ3n) is 6.40. The number of benzene rings is 2. The third-order valence-corrected chi connectivity index (χ3v) is 6.40. The van der Waals surface area contributed by atoms with Crippen LogP contribution in [0.1, 0.15) is 41.6 Å². The Morgan fingerprint density at radius 3 is 2.39 bits per heavy atom. The molecule has 1 saturated heterocycles. The van der Waals surface area contributed by atoms with Gasteiger partial charge in [-0.15, -0.1) is 0 Å². The predicted molar refractivity (Wildman–Crippen MR) is 118 cm³/mol. The lowest BCUT2D eigenvalue weighted by Gasteiger charge is -2.39. The Morgan fingerprint density at radius 1 is 1.00 bits per heavy atom. The van der Waals surface area contributed by atoms with Crippen molar-refractivity contribution in [3.8, 4) is 6.07 Å². The molecule has 0 saturated carbocycles. The predicted octanol–water partition coefficient (Wildman–Crippen LogP) is 2.74. The maximum Gasteiger partial charge on any atom is 0.225 e. The monoisotopic (exact) mass is 416 g/mol. The number of rotatable bonds is 4. The van der Waals surface area contributed by atoms with E-state index in [1.54, 1.807) is 6.92 Å². The lowest BCUT2D eigenvalue weighted by molar-refractivity contribution is -0.137. The van der Waals surface area contributed by atoms with E-state index in [1.807, 2.05) is 46.2 Å². The fraction of sp³-hybridized carbons (Fsp3) is 0.400. The van der Waals surface area contributed by atoms with Crippen LogP contribution in [0.4, 0.5) is 0 Å². The van der Waals surface area contributed by atoms with Gasteiger partial charge in [-0.2, -0.15) is 5.26 Å². The summed E-state index contributed by atoms with van der Waals surface area (Å²) in [4.78, 5) is 31.4. The first-order valence-corrected chi connectivity index (χ1v) is 10.9. The van der Waals surface area contributed by atoms with Crippen molar-refractivity contribution in [1.82, 2.24) is 14.7 Å². The summed E-state index contributed by atoms with van der Waals surface area (Å²) in [6.07, 6.45) is 1.18. The van der Waals surface area contributed by atoms with Gasteiger partial charge in [-0.1, -0.05) is 36.4 Å². The Hall–Kier alpha value is -3.17. The number of nitriles is 1. The zero-order valence-corrected chi connectivity index (χ0v) is 18.0. The Morgan fingerprint density at radius 2 is 1.71 bits per heavy atom. The molecule has 31 heavy (non-hydrogen) atoms. The van der Waals surface area contributed by atoms with Gasteiger partial charge in [-0.25, -0.2) is 0 Å². The molecule has 0 bridgehead atoms. The van der Waals surface area contributed by atoms with E-state index in [4.69, 9.17) is 5.26 Å². The van der Waals surface area contributed by atoms with Crippen molar-refractivity contribution in [2.45, 2.75) is 32.4 Å². The first-order valence-electron chi connectivity index (χ1n) is 10.9. The summed E-state index contributed by atoms with van der Waals surface area (Å²) >= 11 is 0. The van der Waals surface area contributed by atoms with Crippen molar-refractivity contribution < 1.29 is 9.59 Å². The molecule has 0 aromatic heterocycles. The quantitative estimate of drug-likeness (QED) is 0.769. The molecular weight excluding hydrogens is 388 g/mol. The zero-order valence-electron chi connectivity index (χ0n) is 18.0. The second-order valence-electron chi connectivity index (χ2n) is 8.35. The molecule has 2 aliphatic rings. The maximum absolute atomic E-state index is 13.1. The summed E-state index contributed by atoms with van der Waals surface area (Å²) in [6.45, 7) is 6.12. The smallest absolute Gasteiger partial charge is 0.225 e.